The van der Waals surface area contributed by atoms with E-state index >= 15 is 19.2 Å². The van der Waals surface area contributed by atoms with Crippen LogP contribution in [0.4, 0.5) is 0 Å². The summed E-state index contributed by atoms with van der Waals surface area (Å²) in [7, 11) is 0. The number of nitrogens with two attached hydrogens (primary N) is 2. The quantitative estimate of drug-likeness (QED) is 0.0488. The fourth-order valence-corrected chi connectivity index (χ4v) is 10.5. The predicted octanol–water partition coefficient (Wildman–Crippen LogP) is 2.21. The SMILES string of the molecule is NCCCC[C@@H]1NC(=O)[C@H](Cc2ccccc2)NC(=O)[C@H](Cc2ccc(O)cc2)NC(=O)[C@H](Cc2c[nH]c3ccccc23)NC(=O)[C@H](Cc2ccc(O)cc2)NC(=O)[C@H](Cc2ccccc2)NC(=O)[C@H](CCCCN)NC(=O)[C@H](Cc2cnc[nH]2)NC1=O. The Kier molecular flexibility index (Phi) is 23.3. The van der Waals surface area contributed by atoms with Crippen LogP contribution in [0, 0.1) is 0 Å². The lowest BCUT2D eigenvalue weighted by Crippen LogP contribution is -2.62. The first-order valence-electron chi connectivity index (χ1n) is 29.6. The summed E-state index contributed by atoms with van der Waals surface area (Å²) in [6.07, 6.45) is 5.47. The largest absolute Gasteiger partial charge is 0.508 e. The van der Waals surface area contributed by atoms with Gasteiger partial charge in [0.05, 0.1) is 6.33 Å². The molecule has 23 heteroatoms. The molecule has 0 unspecified atom stereocenters. The summed E-state index contributed by atoms with van der Waals surface area (Å²) in [5.74, 6) is -6.52. The Morgan fingerprint density at radius 3 is 1.09 bits per heavy atom. The smallest absolute Gasteiger partial charge is 0.243 e. The number of carbonyl (C=O) groups excluding carboxylic acids is 8. The van der Waals surface area contributed by atoms with Gasteiger partial charge in [0.25, 0.3) is 0 Å². The van der Waals surface area contributed by atoms with Crippen molar-refractivity contribution in [2.45, 2.75) is 125 Å². The second-order valence-electron chi connectivity index (χ2n) is 22.0. The molecular weight excluding hydrogens is 1120 g/mol. The Hall–Kier alpha value is -9.87. The van der Waals surface area contributed by atoms with E-state index < -0.39 is 95.6 Å². The van der Waals surface area contributed by atoms with Crippen molar-refractivity contribution in [2.24, 2.45) is 11.5 Å². The number of nitrogens with one attached hydrogen (secondary N) is 10. The van der Waals surface area contributed by atoms with E-state index in [9.17, 15) is 29.4 Å². The van der Waals surface area contributed by atoms with Crippen LogP contribution in [0.1, 0.15) is 72.0 Å². The molecule has 0 aliphatic carbocycles. The lowest BCUT2D eigenvalue weighted by atomic mass is 9.99. The average Bonchev–Trinajstić information content (AvgIpc) is 4.39. The van der Waals surface area contributed by atoms with Crippen molar-refractivity contribution in [1.29, 1.82) is 0 Å². The zero-order valence-electron chi connectivity index (χ0n) is 48.7. The number of unbranched alkanes of at least 4 members (excludes halogenated alkanes) is 2. The molecule has 1 saturated heterocycles. The summed E-state index contributed by atoms with van der Waals surface area (Å²) in [5.41, 5.74) is 15.9. The average molecular weight is 1200 g/mol. The van der Waals surface area contributed by atoms with Gasteiger partial charge < -0.3 is 74.2 Å². The Morgan fingerprint density at radius 1 is 0.364 bits per heavy atom. The molecule has 1 aliphatic heterocycles. The van der Waals surface area contributed by atoms with Gasteiger partial charge in [-0.1, -0.05) is 103 Å². The first-order chi connectivity index (χ1) is 42.6. The van der Waals surface area contributed by atoms with Crippen molar-refractivity contribution in [1.82, 2.24) is 57.5 Å². The zero-order valence-corrected chi connectivity index (χ0v) is 48.7. The molecule has 0 radical (unpaired) electrons. The number of aromatic nitrogens is 3. The number of para-hydroxylation sites is 1. The molecule has 3 heterocycles. The summed E-state index contributed by atoms with van der Waals surface area (Å²) in [6, 6.07) is 25.7. The third-order valence-corrected chi connectivity index (χ3v) is 15.4. The third-order valence-electron chi connectivity index (χ3n) is 15.4. The van der Waals surface area contributed by atoms with Gasteiger partial charge in [-0.25, -0.2) is 4.98 Å². The first-order valence-corrected chi connectivity index (χ1v) is 29.6. The molecule has 1 fully saturated rings. The van der Waals surface area contributed by atoms with Crippen LogP contribution in [0.5, 0.6) is 11.5 Å². The summed E-state index contributed by atoms with van der Waals surface area (Å²) in [6.45, 7) is 0.532. The molecule has 16 N–H and O–H groups in total. The molecule has 8 rings (SSSR count). The number of aromatic amines is 2. The molecular formula is C65H77N13O10. The monoisotopic (exact) mass is 1200 g/mol. The van der Waals surface area contributed by atoms with Crippen LogP contribution in [-0.2, 0) is 76.9 Å². The molecule has 1 aliphatic rings. The highest BCUT2D eigenvalue weighted by Crippen LogP contribution is 2.21. The van der Waals surface area contributed by atoms with Crippen molar-refractivity contribution < 1.29 is 48.6 Å². The van der Waals surface area contributed by atoms with Gasteiger partial charge in [0, 0.05) is 67.5 Å². The fraction of sp³-hybridized carbons (Fsp3) is 0.338. The van der Waals surface area contributed by atoms with Crippen molar-refractivity contribution in [3.63, 3.8) is 0 Å². The van der Waals surface area contributed by atoms with E-state index in [1.165, 1.54) is 36.8 Å². The number of H-pyrrole nitrogens is 2. The van der Waals surface area contributed by atoms with Crippen molar-refractivity contribution in [2.75, 3.05) is 13.1 Å². The van der Waals surface area contributed by atoms with Gasteiger partial charge in [-0.05, 0) is 110 Å². The highest BCUT2D eigenvalue weighted by atomic mass is 16.3. The highest BCUT2D eigenvalue weighted by molar-refractivity contribution is 5.99. The number of benzene rings is 5. The second-order valence-corrected chi connectivity index (χ2v) is 22.0. The van der Waals surface area contributed by atoms with Crippen LogP contribution in [0.3, 0.4) is 0 Å². The summed E-state index contributed by atoms with van der Waals surface area (Å²) in [5, 5.41) is 44.1. The fourth-order valence-electron chi connectivity index (χ4n) is 10.5. The first kappa shape index (κ1) is 64.1. The van der Waals surface area contributed by atoms with Gasteiger partial charge in [0.1, 0.15) is 59.8 Å². The van der Waals surface area contributed by atoms with Crippen LogP contribution in [0.15, 0.2) is 152 Å². The Morgan fingerprint density at radius 2 is 0.705 bits per heavy atom. The van der Waals surface area contributed by atoms with Crippen LogP contribution < -0.4 is 54.0 Å². The lowest BCUT2D eigenvalue weighted by Gasteiger charge is -2.29. The van der Waals surface area contributed by atoms with E-state index in [4.69, 9.17) is 11.5 Å². The number of aromatic hydroxyl groups is 2. The van der Waals surface area contributed by atoms with Gasteiger partial charge in [0.15, 0.2) is 0 Å². The number of amides is 8. The number of phenols is 2. The second kappa shape index (κ2) is 32.0. The third kappa shape index (κ3) is 18.8. The van der Waals surface area contributed by atoms with E-state index in [1.807, 2.05) is 24.3 Å². The molecule has 7 aromatic rings. The maximum absolute atomic E-state index is 15.3. The molecule has 462 valence electrons. The van der Waals surface area contributed by atoms with E-state index in [0.717, 1.165) is 10.9 Å². The molecule has 8 atom stereocenters. The molecule has 23 nitrogen and oxygen atoms in total. The van der Waals surface area contributed by atoms with E-state index in [0.29, 0.717) is 59.2 Å². The van der Waals surface area contributed by atoms with Gasteiger partial charge in [0.2, 0.25) is 47.3 Å². The van der Waals surface area contributed by atoms with Gasteiger partial charge >= 0.3 is 0 Å². The highest BCUT2D eigenvalue weighted by Gasteiger charge is 2.37. The number of phenolic OH excluding ortho intramolecular Hbond substituents is 2. The maximum Gasteiger partial charge on any atom is 0.243 e. The van der Waals surface area contributed by atoms with Gasteiger partial charge in [-0.2, -0.15) is 0 Å². The van der Waals surface area contributed by atoms with Crippen LogP contribution in [-0.4, -0.2) is 134 Å². The van der Waals surface area contributed by atoms with E-state index in [-0.39, 0.29) is 76.0 Å². The Balaban J connectivity index is 1.24. The maximum atomic E-state index is 15.3. The Bertz CT molecular complexity index is 3350. The number of imidazole rings is 1. The number of carbonyl (C=O) groups is 8. The summed E-state index contributed by atoms with van der Waals surface area (Å²) >= 11 is 0. The molecule has 0 saturated carbocycles. The summed E-state index contributed by atoms with van der Waals surface area (Å²) < 4.78 is 0. The minimum Gasteiger partial charge on any atom is -0.508 e. The molecule has 88 heavy (non-hydrogen) atoms. The van der Waals surface area contributed by atoms with E-state index in [1.54, 1.807) is 91.1 Å². The minimum atomic E-state index is -1.46. The zero-order chi connectivity index (χ0) is 62.4. The molecule has 5 aromatic carbocycles. The number of fused-ring (bicyclic) bond motifs is 1. The van der Waals surface area contributed by atoms with Crippen LogP contribution in [0.2, 0.25) is 0 Å². The van der Waals surface area contributed by atoms with E-state index in [2.05, 4.69) is 57.5 Å². The van der Waals surface area contributed by atoms with Gasteiger partial charge in [-0.3, -0.25) is 38.4 Å². The Labute approximate surface area is 509 Å². The molecule has 2 aromatic heterocycles. The standard InChI is InChI=1S/C65H77N13O10/c66-29-11-9-19-50-58(81)73-53(32-41-15-5-2-6-16-41)61(84)75-55(34-43-23-27-47(80)28-24-43)63(86)77-56(35-44-37-69-49-18-8-7-17-48(44)49)64(87)76-54(33-42-21-25-46(79)26-22-42)62(85)74-52(31-40-13-3-1-4-14-40)60(83)71-51(20-10-12-30-67)59(82)78-57(65(88)72-50)36-45-38-68-39-70-45/h1-8,13-18,21-28,37-39,50-57,69,79-80H,9-12,19-20,29-36,66-67H2,(H,68,70)(H,71,83)(H,72,88)(H,73,81)(H,74,85)(H,75,84)(H,76,87)(H,77,86)(H,78,82)/t50-,51-,52-,53-,54-,55-,56-,57-/m0/s1. The normalized spacial score (nSPS) is 21.3. The van der Waals surface area contributed by atoms with Crippen molar-refractivity contribution >= 4 is 58.2 Å². The van der Waals surface area contributed by atoms with Crippen molar-refractivity contribution in [3.05, 3.63) is 186 Å². The molecule has 0 spiro atoms. The predicted molar refractivity (Wildman–Crippen MR) is 329 cm³/mol. The number of nitrogens with zero attached hydrogens (tertiary/aromatic N) is 1. The lowest BCUT2D eigenvalue weighted by molar-refractivity contribution is -0.136. The minimum absolute atomic E-state index is 0.0486. The van der Waals surface area contributed by atoms with Crippen molar-refractivity contribution in [3.8, 4) is 11.5 Å². The number of rotatable bonds is 20. The molecule has 0 bridgehead atoms. The summed E-state index contributed by atoms with van der Waals surface area (Å²) in [4.78, 5) is 131. The van der Waals surface area contributed by atoms with Crippen LogP contribution in [0.25, 0.3) is 10.9 Å². The number of hydrogen-bond acceptors (Lipinski definition) is 13. The van der Waals surface area contributed by atoms with Gasteiger partial charge in [-0.15, -0.1) is 0 Å². The van der Waals surface area contributed by atoms with Crippen LogP contribution >= 0.6 is 0 Å². The topological polar surface area (TPSA) is 370 Å². The molecule has 8 amide bonds. The number of hydrogen-bond donors (Lipinski definition) is 14.